The predicted octanol–water partition coefficient (Wildman–Crippen LogP) is 4.18. The molecule has 2 aromatic rings. The van der Waals surface area contributed by atoms with Crippen LogP contribution in [-0.4, -0.2) is 29.7 Å². The lowest BCUT2D eigenvalue weighted by Gasteiger charge is -2.23. The van der Waals surface area contributed by atoms with Crippen LogP contribution in [0.2, 0.25) is 0 Å². The topological polar surface area (TPSA) is 67.6 Å². The molecule has 1 atom stereocenters. The molecule has 0 aliphatic carbocycles. The van der Waals surface area contributed by atoms with Gasteiger partial charge in [-0.25, -0.2) is 4.79 Å². The molecule has 0 saturated carbocycles. The van der Waals surface area contributed by atoms with Crippen LogP contribution in [0.4, 0.5) is 10.5 Å². The zero-order valence-electron chi connectivity index (χ0n) is 14.3. The van der Waals surface area contributed by atoms with Gasteiger partial charge in [0.25, 0.3) is 0 Å². The van der Waals surface area contributed by atoms with Crippen molar-refractivity contribution in [2.24, 2.45) is 0 Å². The van der Waals surface area contributed by atoms with Gasteiger partial charge in [-0.2, -0.15) is 0 Å². The van der Waals surface area contributed by atoms with E-state index in [4.69, 9.17) is 9.26 Å². The molecule has 1 aromatic carbocycles. The largest absolute Gasteiger partial charge is 0.495 e. The van der Waals surface area contributed by atoms with Crippen LogP contribution >= 0.6 is 0 Å². The van der Waals surface area contributed by atoms with E-state index >= 15 is 0 Å². The summed E-state index contributed by atoms with van der Waals surface area (Å²) in [5, 5.41) is 7.04. The van der Waals surface area contributed by atoms with E-state index in [1.807, 2.05) is 30.3 Å². The Balaban J connectivity index is 1.76. The highest BCUT2D eigenvalue weighted by atomic mass is 16.5. The van der Waals surface area contributed by atoms with E-state index in [2.05, 4.69) is 24.3 Å². The van der Waals surface area contributed by atoms with E-state index in [1.165, 1.54) is 0 Å². The Kier molecular flexibility index (Phi) is 4.74. The fourth-order valence-electron chi connectivity index (χ4n) is 2.97. The predicted molar refractivity (Wildman–Crippen MR) is 91.3 cm³/mol. The Morgan fingerprint density at radius 1 is 1.42 bits per heavy atom. The lowest BCUT2D eigenvalue weighted by Crippen LogP contribution is -2.34. The van der Waals surface area contributed by atoms with Gasteiger partial charge in [-0.3, -0.25) is 0 Å². The lowest BCUT2D eigenvalue weighted by molar-refractivity contribution is 0.195. The van der Waals surface area contributed by atoms with Crippen LogP contribution in [0.3, 0.4) is 0 Å². The maximum absolute atomic E-state index is 12.7. The van der Waals surface area contributed by atoms with Gasteiger partial charge in [0.05, 0.1) is 24.5 Å². The summed E-state index contributed by atoms with van der Waals surface area (Å²) in [5.41, 5.74) is 1.58. The number of likely N-dealkylation sites (tertiary alicyclic amines) is 1. The molecule has 1 fully saturated rings. The summed E-state index contributed by atoms with van der Waals surface area (Å²) < 4.78 is 10.8. The van der Waals surface area contributed by atoms with Crippen molar-refractivity contribution >= 4 is 11.7 Å². The summed E-state index contributed by atoms with van der Waals surface area (Å²) >= 11 is 0. The third-order valence-electron chi connectivity index (χ3n) is 4.33. The highest BCUT2D eigenvalue weighted by Gasteiger charge is 2.33. The van der Waals surface area contributed by atoms with Crippen molar-refractivity contribution in [3.05, 3.63) is 41.8 Å². The number of nitrogens with zero attached hydrogens (tertiary/aromatic N) is 2. The Labute approximate surface area is 141 Å². The number of hydrogen-bond donors (Lipinski definition) is 1. The van der Waals surface area contributed by atoms with Gasteiger partial charge in [-0.1, -0.05) is 31.1 Å². The molecule has 24 heavy (non-hydrogen) atoms. The minimum Gasteiger partial charge on any atom is -0.495 e. The van der Waals surface area contributed by atoms with Gasteiger partial charge in [-0.05, 0) is 30.9 Å². The summed E-state index contributed by atoms with van der Waals surface area (Å²) in [6.45, 7) is 4.84. The first kappa shape index (κ1) is 16.4. The van der Waals surface area contributed by atoms with Crippen LogP contribution in [0.5, 0.6) is 5.75 Å². The molecule has 1 saturated heterocycles. The van der Waals surface area contributed by atoms with Crippen LogP contribution < -0.4 is 10.1 Å². The Hall–Kier alpha value is -2.50. The number of para-hydroxylation sites is 2. The van der Waals surface area contributed by atoms with Gasteiger partial charge in [0.1, 0.15) is 5.75 Å². The second-order valence-electron chi connectivity index (χ2n) is 6.29. The fourth-order valence-corrected chi connectivity index (χ4v) is 2.97. The number of amides is 2. The first-order chi connectivity index (χ1) is 11.6. The van der Waals surface area contributed by atoms with Crippen molar-refractivity contribution in [1.82, 2.24) is 10.1 Å². The zero-order valence-corrected chi connectivity index (χ0v) is 14.3. The van der Waals surface area contributed by atoms with Gasteiger partial charge in [0.2, 0.25) is 0 Å². The molecule has 1 N–H and O–H groups in total. The Morgan fingerprint density at radius 3 is 2.92 bits per heavy atom. The lowest BCUT2D eigenvalue weighted by atomic mass is 10.1. The Morgan fingerprint density at radius 2 is 2.21 bits per heavy atom. The number of benzene rings is 1. The first-order valence-electron chi connectivity index (χ1n) is 8.27. The fraction of sp³-hybridized carbons (Fsp3) is 0.444. The molecule has 1 aliphatic rings. The zero-order chi connectivity index (χ0) is 17.1. The van der Waals surface area contributed by atoms with Crippen molar-refractivity contribution in [2.45, 2.75) is 38.6 Å². The van der Waals surface area contributed by atoms with Crippen molar-refractivity contribution in [3.63, 3.8) is 0 Å². The average molecular weight is 329 g/mol. The van der Waals surface area contributed by atoms with Gasteiger partial charge in [0.15, 0.2) is 5.76 Å². The first-order valence-corrected chi connectivity index (χ1v) is 8.27. The molecule has 1 aromatic heterocycles. The maximum atomic E-state index is 12.7. The van der Waals surface area contributed by atoms with Gasteiger partial charge >= 0.3 is 6.03 Å². The number of urea groups is 1. The molecule has 3 rings (SSSR count). The van der Waals surface area contributed by atoms with Crippen molar-refractivity contribution in [1.29, 1.82) is 0 Å². The van der Waals surface area contributed by atoms with Crippen molar-refractivity contribution in [3.8, 4) is 5.75 Å². The standard InChI is InChI=1S/C18H23N3O3/c1-12(2)14-11-17(24-20-14)15-8-6-10-21(15)18(22)19-13-7-4-5-9-16(13)23-3/h4-5,7,9,11-12,15H,6,8,10H2,1-3H3,(H,19,22)/t15-/m1/s1. The quantitative estimate of drug-likeness (QED) is 0.914. The molecule has 0 bridgehead atoms. The van der Waals surface area contributed by atoms with E-state index in [9.17, 15) is 4.79 Å². The third-order valence-corrected chi connectivity index (χ3v) is 4.33. The number of hydrogen-bond acceptors (Lipinski definition) is 4. The number of ether oxygens (including phenoxy) is 1. The second-order valence-corrected chi connectivity index (χ2v) is 6.29. The van der Waals surface area contributed by atoms with Crippen LogP contribution in [0.15, 0.2) is 34.9 Å². The number of nitrogens with one attached hydrogen (secondary N) is 1. The van der Waals surface area contributed by atoms with E-state index in [0.717, 1.165) is 24.3 Å². The molecule has 0 radical (unpaired) electrons. The number of carbonyl (C=O) groups is 1. The molecule has 128 valence electrons. The normalized spacial score (nSPS) is 17.3. The van der Waals surface area contributed by atoms with Crippen molar-refractivity contribution < 1.29 is 14.1 Å². The number of anilines is 1. The van der Waals surface area contributed by atoms with Crippen LogP contribution in [0, 0.1) is 0 Å². The number of carbonyl (C=O) groups excluding carboxylic acids is 1. The molecule has 6 heteroatoms. The van der Waals surface area contributed by atoms with E-state index in [0.29, 0.717) is 23.9 Å². The molecule has 0 spiro atoms. The summed E-state index contributed by atoms with van der Waals surface area (Å²) in [5.74, 6) is 1.70. The van der Waals surface area contributed by atoms with Crippen LogP contribution in [0.25, 0.3) is 0 Å². The summed E-state index contributed by atoms with van der Waals surface area (Å²) in [4.78, 5) is 14.5. The van der Waals surface area contributed by atoms with Gasteiger partial charge in [0, 0.05) is 12.6 Å². The van der Waals surface area contributed by atoms with E-state index in [1.54, 1.807) is 12.0 Å². The monoisotopic (exact) mass is 329 g/mol. The minimum absolute atomic E-state index is 0.0697. The molecule has 1 aliphatic heterocycles. The van der Waals surface area contributed by atoms with Gasteiger partial charge in [-0.15, -0.1) is 0 Å². The molecule has 2 amide bonds. The van der Waals surface area contributed by atoms with Gasteiger partial charge < -0.3 is 19.5 Å². The van der Waals surface area contributed by atoms with Crippen molar-refractivity contribution in [2.75, 3.05) is 19.0 Å². The third kappa shape index (κ3) is 3.22. The highest BCUT2D eigenvalue weighted by Crippen LogP contribution is 2.34. The van der Waals surface area contributed by atoms with E-state index in [-0.39, 0.29) is 12.1 Å². The maximum Gasteiger partial charge on any atom is 0.322 e. The van der Waals surface area contributed by atoms with E-state index < -0.39 is 0 Å². The summed E-state index contributed by atoms with van der Waals surface area (Å²) in [6, 6.07) is 9.13. The molecule has 0 unspecified atom stereocenters. The number of rotatable bonds is 4. The average Bonchev–Trinajstić information content (AvgIpc) is 3.24. The van der Waals surface area contributed by atoms with Crippen LogP contribution in [0.1, 0.15) is 50.1 Å². The Bertz CT molecular complexity index is 711. The summed E-state index contributed by atoms with van der Waals surface area (Å²) in [6.07, 6.45) is 1.83. The SMILES string of the molecule is COc1ccccc1NC(=O)N1CCC[C@@H]1c1cc(C(C)C)no1. The molecule has 6 nitrogen and oxygen atoms in total. The molecular weight excluding hydrogens is 306 g/mol. The number of methoxy groups -OCH3 is 1. The highest BCUT2D eigenvalue weighted by molar-refractivity contribution is 5.91. The second kappa shape index (κ2) is 6.95. The molecule has 2 heterocycles. The van der Waals surface area contributed by atoms with Crippen LogP contribution in [-0.2, 0) is 0 Å². The minimum atomic E-state index is -0.149. The smallest absolute Gasteiger partial charge is 0.322 e. The summed E-state index contributed by atoms with van der Waals surface area (Å²) in [7, 11) is 1.59. The molecular formula is C18H23N3O3. The number of aromatic nitrogens is 1.